The number of anilines is 1. The molecule has 5 heteroatoms. The number of para-hydroxylation sites is 2. The summed E-state index contributed by atoms with van der Waals surface area (Å²) >= 11 is 0. The van der Waals surface area contributed by atoms with Gasteiger partial charge in [-0.25, -0.2) is 9.97 Å². The van der Waals surface area contributed by atoms with Gasteiger partial charge in [0.05, 0.1) is 23.6 Å². The zero-order valence-corrected chi connectivity index (χ0v) is 9.82. The molecule has 0 fully saturated rings. The molecule has 0 aliphatic carbocycles. The molecule has 0 saturated carbocycles. The molecule has 0 radical (unpaired) electrons. The summed E-state index contributed by atoms with van der Waals surface area (Å²) in [6.07, 6.45) is 7.27. The first-order valence-electron chi connectivity index (χ1n) is 5.83. The van der Waals surface area contributed by atoms with E-state index in [9.17, 15) is 0 Å². The number of rotatable bonds is 4. The molecule has 1 aromatic carbocycles. The standard InChI is InChI=1S/C13H13N5/c1-2-4-12-11(3-1)16-9-13(17-12)15-6-8-18-7-5-14-10-18/h1-5,7,9-10H,6,8H2,(H,15,17). The van der Waals surface area contributed by atoms with Gasteiger partial charge in [0, 0.05) is 25.5 Å². The molecule has 0 aliphatic heterocycles. The monoisotopic (exact) mass is 239 g/mol. The maximum absolute atomic E-state index is 4.50. The van der Waals surface area contributed by atoms with E-state index < -0.39 is 0 Å². The Morgan fingerprint density at radius 2 is 2.06 bits per heavy atom. The van der Waals surface area contributed by atoms with Gasteiger partial charge in [0.2, 0.25) is 0 Å². The number of nitrogens with one attached hydrogen (secondary N) is 1. The van der Waals surface area contributed by atoms with Crippen LogP contribution < -0.4 is 5.32 Å². The Bertz CT molecular complexity index is 633. The molecule has 0 unspecified atom stereocenters. The Kier molecular flexibility index (Phi) is 2.87. The summed E-state index contributed by atoms with van der Waals surface area (Å²) in [5.41, 5.74) is 1.82. The van der Waals surface area contributed by atoms with Crippen LogP contribution in [0, 0.1) is 0 Å². The third-order valence-electron chi connectivity index (χ3n) is 2.68. The van der Waals surface area contributed by atoms with Crippen LogP contribution in [-0.4, -0.2) is 26.1 Å². The predicted octanol–water partition coefficient (Wildman–Crippen LogP) is 1.94. The summed E-state index contributed by atoms with van der Waals surface area (Å²) in [5, 5.41) is 3.25. The Hall–Kier alpha value is -2.43. The maximum atomic E-state index is 4.50. The second-order valence-electron chi connectivity index (χ2n) is 3.97. The molecule has 2 heterocycles. The van der Waals surface area contributed by atoms with Crippen LogP contribution in [0.2, 0.25) is 0 Å². The van der Waals surface area contributed by atoms with Gasteiger partial charge >= 0.3 is 0 Å². The lowest BCUT2D eigenvalue weighted by Gasteiger charge is -2.06. The molecule has 18 heavy (non-hydrogen) atoms. The number of imidazole rings is 1. The van der Waals surface area contributed by atoms with Crippen molar-refractivity contribution < 1.29 is 0 Å². The van der Waals surface area contributed by atoms with E-state index in [4.69, 9.17) is 0 Å². The van der Waals surface area contributed by atoms with Gasteiger partial charge in [0.25, 0.3) is 0 Å². The summed E-state index contributed by atoms with van der Waals surface area (Å²) in [5.74, 6) is 0.800. The molecule has 0 atom stereocenters. The van der Waals surface area contributed by atoms with E-state index in [2.05, 4.69) is 20.3 Å². The van der Waals surface area contributed by atoms with Crippen molar-refractivity contribution in [3.63, 3.8) is 0 Å². The van der Waals surface area contributed by atoms with E-state index in [0.29, 0.717) is 0 Å². The van der Waals surface area contributed by atoms with Crippen LogP contribution in [0.4, 0.5) is 5.82 Å². The number of benzene rings is 1. The predicted molar refractivity (Wildman–Crippen MR) is 70.3 cm³/mol. The Morgan fingerprint density at radius 1 is 1.17 bits per heavy atom. The summed E-state index contributed by atoms with van der Waals surface area (Å²) in [4.78, 5) is 12.8. The van der Waals surface area contributed by atoms with Crippen LogP contribution in [-0.2, 0) is 6.54 Å². The lowest BCUT2D eigenvalue weighted by atomic mass is 10.3. The highest BCUT2D eigenvalue weighted by atomic mass is 15.1. The Balaban J connectivity index is 1.67. The molecule has 2 aromatic heterocycles. The third-order valence-corrected chi connectivity index (χ3v) is 2.68. The molecule has 0 saturated heterocycles. The highest BCUT2D eigenvalue weighted by molar-refractivity contribution is 5.75. The lowest BCUT2D eigenvalue weighted by molar-refractivity contribution is 0.725. The van der Waals surface area contributed by atoms with E-state index in [1.807, 2.05) is 35.0 Å². The SMILES string of the molecule is c1ccc2nc(NCCn3ccnc3)cnc2c1. The van der Waals surface area contributed by atoms with Crippen molar-refractivity contribution in [1.29, 1.82) is 0 Å². The van der Waals surface area contributed by atoms with Crippen LogP contribution in [0.1, 0.15) is 0 Å². The molecule has 90 valence electrons. The number of hydrogen-bond donors (Lipinski definition) is 1. The zero-order chi connectivity index (χ0) is 12.2. The molecule has 3 aromatic rings. The van der Waals surface area contributed by atoms with Crippen LogP contribution in [0.5, 0.6) is 0 Å². The van der Waals surface area contributed by atoms with Crippen molar-refractivity contribution in [2.75, 3.05) is 11.9 Å². The first-order chi connectivity index (χ1) is 8.92. The normalized spacial score (nSPS) is 10.7. The van der Waals surface area contributed by atoms with Crippen LogP contribution in [0.25, 0.3) is 11.0 Å². The molecule has 0 aliphatic rings. The number of hydrogen-bond acceptors (Lipinski definition) is 4. The fourth-order valence-electron chi connectivity index (χ4n) is 1.77. The molecule has 5 nitrogen and oxygen atoms in total. The first kappa shape index (κ1) is 10.7. The third kappa shape index (κ3) is 2.29. The molecule has 0 bridgehead atoms. The maximum Gasteiger partial charge on any atom is 0.145 e. The summed E-state index contributed by atoms with van der Waals surface area (Å²) < 4.78 is 2.02. The minimum atomic E-state index is 0.795. The highest BCUT2D eigenvalue weighted by Gasteiger charge is 1.98. The van der Waals surface area contributed by atoms with Gasteiger partial charge in [-0.15, -0.1) is 0 Å². The number of fused-ring (bicyclic) bond motifs is 1. The molecule has 3 rings (SSSR count). The lowest BCUT2D eigenvalue weighted by Crippen LogP contribution is -2.10. The molecular formula is C13H13N5. The van der Waals surface area contributed by atoms with Crippen molar-refractivity contribution in [3.05, 3.63) is 49.2 Å². The van der Waals surface area contributed by atoms with Gasteiger partial charge in [0.1, 0.15) is 5.82 Å². The van der Waals surface area contributed by atoms with Crippen molar-refractivity contribution in [3.8, 4) is 0 Å². The number of aromatic nitrogens is 4. The van der Waals surface area contributed by atoms with Gasteiger partial charge in [-0.3, -0.25) is 4.98 Å². The van der Waals surface area contributed by atoms with Gasteiger partial charge < -0.3 is 9.88 Å². The quantitative estimate of drug-likeness (QED) is 0.756. The Labute approximate surface area is 105 Å². The second-order valence-corrected chi connectivity index (χ2v) is 3.97. The Morgan fingerprint density at radius 3 is 2.89 bits per heavy atom. The minimum Gasteiger partial charge on any atom is -0.367 e. The van der Waals surface area contributed by atoms with Crippen LogP contribution in [0.15, 0.2) is 49.2 Å². The first-order valence-corrected chi connectivity index (χ1v) is 5.83. The minimum absolute atomic E-state index is 0.795. The zero-order valence-electron chi connectivity index (χ0n) is 9.82. The average Bonchev–Trinajstić information content (AvgIpc) is 2.92. The summed E-state index contributed by atoms with van der Waals surface area (Å²) in [7, 11) is 0. The van der Waals surface area contributed by atoms with E-state index >= 15 is 0 Å². The smallest absolute Gasteiger partial charge is 0.145 e. The molecule has 0 spiro atoms. The summed E-state index contributed by atoms with van der Waals surface area (Å²) in [6.45, 7) is 1.65. The van der Waals surface area contributed by atoms with Gasteiger partial charge in [-0.1, -0.05) is 12.1 Å². The summed E-state index contributed by atoms with van der Waals surface area (Å²) in [6, 6.07) is 7.84. The molecular weight excluding hydrogens is 226 g/mol. The molecule has 0 amide bonds. The average molecular weight is 239 g/mol. The van der Waals surface area contributed by atoms with Crippen molar-refractivity contribution in [2.45, 2.75) is 6.54 Å². The second kappa shape index (κ2) is 4.83. The highest BCUT2D eigenvalue weighted by Crippen LogP contribution is 2.10. The van der Waals surface area contributed by atoms with Crippen LogP contribution in [0.3, 0.4) is 0 Å². The van der Waals surface area contributed by atoms with Crippen molar-refractivity contribution in [2.24, 2.45) is 0 Å². The fraction of sp³-hybridized carbons (Fsp3) is 0.154. The van der Waals surface area contributed by atoms with Crippen molar-refractivity contribution >= 4 is 16.9 Å². The molecule has 1 N–H and O–H groups in total. The van der Waals surface area contributed by atoms with Crippen LogP contribution >= 0.6 is 0 Å². The van der Waals surface area contributed by atoms with E-state index in [1.54, 1.807) is 18.7 Å². The fourth-order valence-corrected chi connectivity index (χ4v) is 1.77. The topological polar surface area (TPSA) is 55.6 Å². The van der Waals surface area contributed by atoms with Gasteiger partial charge in [-0.2, -0.15) is 0 Å². The van der Waals surface area contributed by atoms with E-state index in [-0.39, 0.29) is 0 Å². The van der Waals surface area contributed by atoms with Gasteiger partial charge in [0.15, 0.2) is 0 Å². The van der Waals surface area contributed by atoms with Gasteiger partial charge in [-0.05, 0) is 12.1 Å². The van der Waals surface area contributed by atoms with E-state index in [1.165, 1.54) is 0 Å². The van der Waals surface area contributed by atoms with E-state index in [0.717, 1.165) is 29.9 Å². The number of nitrogens with zero attached hydrogens (tertiary/aromatic N) is 4. The van der Waals surface area contributed by atoms with Crippen molar-refractivity contribution in [1.82, 2.24) is 19.5 Å². The largest absolute Gasteiger partial charge is 0.367 e.